The summed E-state index contributed by atoms with van der Waals surface area (Å²) in [5.74, 6) is -0.489. The van der Waals surface area contributed by atoms with E-state index in [4.69, 9.17) is 11.6 Å². The molecule has 0 bridgehead atoms. The van der Waals surface area contributed by atoms with Crippen molar-refractivity contribution in [3.63, 3.8) is 0 Å². The third-order valence-corrected chi connectivity index (χ3v) is 2.85. The highest BCUT2D eigenvalue weighted by atomic mass is 35.5. The standard InChI is InChI=1S/C13H13ClN2O2/c1-13(2,18)12(17)16-10-6-5-9(14)8-4-3-7-15-11(8)10/h3-7,18H,1-2H3,(H,16,17). The summed E-state index contributed by atoms with van der Waals surface area (Å²) in [6.07, 6.45) is 1.62. The highest BCUT2D eigenvalue weighted by Crippen LogP contribution is 2.28. The van der Waals surface area contributed by atoms with Gasteiger partial charge in [0.25, 0.3) is 5.91 Å². The molecule has 5 heteroatoms. The van der Waals surface area contributed by atoms with Crippen molar-refractivity contribution in [3.05, 3.63) is 35.5 Å². The number of hydrogen-bond acceptors (Lipinski definition) is 3. The second kappa shape index (κ2) is 4.55. The van der Waals surface area contributed by atoms with E-state index in [1.54, 1.807) is 24.4 Å². The second-order valence-corrected chi connectivity index (χ2v) is 4.91. The molecule has 0 saturated carbocycles. The first kappa shape index (κ1) is 12.8. The van der Waals surface area contributed by atoms with Crippen LogP contribution in [0.25, 0.3) is 10.9 Å². The van der Waals surface area contributed by atoms with Crippen molar-refractivity contribution >= 4 is 34.1 Å². The Labute approximate surface area is 110 Å². The van der Waals surface area contributed by atoms with Crippen molar-refractivity contribution in [1.82, 2.24) is 4.98 Å². The molecule has 4 nitrogen and oxygen atoms in total. The number of anilines is 1. The molecule has 2 aromatic rings. The normalized spacial score (nSPS) is 11.6. The summed E-state index contributed by atoms with van der Waals surface area (Å²) in [7, 11) is 0. The first-order chi connectivity index (χ1) is 8.39. The van der Waals surface area contributed by atoms with Crippen LogP contribution < -0.4 is 5.32 Å². The number of aromatic nitrogens is 1. The van der Waals surface area contributed by atoms with Gasteiger partial charge in [-0.05, 0) is 38.1 Å². The summed E-state index contributed by atoms with van der Waals surface area (Å²) >= 11 is 6.05. The average molecular weight is 265 g/mol. The van der Waals surface area contributed by atoms with Gasteiger partial charge in [-0.25, -0.2) is 0 Å². The van der Waals surface area contributed by atoms with Gasteiger partial charge in [-0.15, -0.1) is 0 Å². The minimum Gasteiger partial charge on any atom is -0.381 e. The number of hydrogen-bond donors (Lipinski definition) is 2. The van der Waals surface area contributed by atoms with E-state index in [1.807, 2.05) is 6.07 Å². The fraction of sp³-hybridized carbons (Fsp3) is 0.231. The van der Waals surface area contributed by atoms with Crippen LogP contribution in [-0.2, 0) is 4.79 Å². The SMILES string of the molecule is CC(C)(O)C(=O)Nc1ccc(Cl)c2cccnc12. The van der Waals surface area contributed by atoms with Gasteiger partial charge in [-0.1, -0.05) is 11.6 Å². The molecule has 1 aromatic carbocycles. The summed E-state index contributed by atoms with van der Waals surface area (Å²) < 4.78 is 0. The molecule has 0 unspecified atom stereocenters. The van der Waals surface area contributed by atoms with Crippen molar-refractivity contribution in [2.45, 2.75) is 19.4 Å². The zero-order chi connectivity index (χ0) is 13.3. The number of pyridine rings is 1. The Morgan fingerprint density at radius 1 is 1.39 bits per heavy atom. The lowest BCUT2D eigenvalue weighted by atomic mass is 10.1. The predicted octanol–water partition coefficient (Wildman–Crippen LogP) is 2.60. The number of amides is 1. The smallest absolute Gasteiger partial charge is 0.255 e. The Balaban J connectivity index is 2.47. The van der Waals surface area contributed by atoms with E-state index in [-0.39, 0.29) is 0 Å². The number of aliphatic hydroxyl groups is 1. The van der Waals surface area contributed by atoms with Gasteiger partial charge in [-0.2, -0.15) is 0 Å². The Bertz CT molecular complexity index is 605. The molecule has 0 radical (unpaired) electrons. The maximum atomic E-state index is 11.7. The molecule has 0 aliphatic rings. The topological polar surface area (TPSA) is 62.2 Å². The Hall–Kier alpha value is -1.65. The number of carbonyl (C=O) groups is 1. The van der Waals surface area contributed by atoms with E-state index in [9.17, 15) is 9.90 Å². The largest absolute Gasteiger partial charge is 0.381 e. The third kappa shape index (κ3) is 2.44. The van der Waals surface area contributed by atoms with Crippen molar-refractivity contribution in [1.29, 1.82) is 0 Å². The second-order valence-electron chi connectivity index (χ2n) is 4.51. The quantitative estimate of drug-likeness (QED) is 0.876. The van der Waals surface area contributed by atoms with Crippen LogP contribution in [-0.4, -0.2) is 21.6 Å². The number of nitrogens with zero attached hydrogens (tertiary/aromatic N) is 1. The molecule has 0 fully saturated rings. The van der Waals surface area contributed by atoms with Gasteiger partial charge >= 0.3 is 0 Å². The van der Waals surface area contributed by atoms with Crippen LogP contribution in [0.5, 0.6) is 0 Å². The lowest BCUT2D eigenvalue weighted by molar-refractivity contribution is -0.130. The molecule has 0 saturated heterocycles. The average Bonchev–Trinajstić information content (AvgIpc) is 2.32. The Morgan fingerprint density at radius 3 is 2.78 bits per heavy atom. The van der Waals surface area contributed by atoms with Crippen molar-refractivity contribution < 1.29 is 9.90 Å². The molecular weight excluding hydrogens is 252 g/mol. The number of carbonyl (C=O) groups excluding carboxylic acids is 1. The van der Waals surface area contributed by atoms with Crippen LogP contribution in [0.2, 0.25) is 5.02 Å². The first-order valence-electron chi connectivity index (χ1n) is 5.46. The van der Waals surface area contributed by atoms with Gasteiger partial charge in [0.15, 0.2) is 0 Å². The molecule has 0 spiro atoms. The predicted molar refractivity (Wildman–Crippen MR) is 71.7 cm³/mol. The van der Waals surface area contributed by atoms with Gasteiger partial charge in [0.1, 0.15) is 5.60 Å². The number of rotatable bonds is 2. The fourth-order valence-electron chi connectivity index (χ4n) is 1.51. The number of nitrogens with one attached hydrogen (secondary N) is 1. The molecule has 2 N–H and O–H groups in total. The summed E-state index contributed by atoms with van der Waals surface area (Å²) in [5, 5.41) is 13.6. The summed E-state index contributed by atoms with van der Waals surface area (Å²) in [6, 6.07) is 6.95. The summed E-state index contributed by atoms with van der Waals surface area (Å²) in [6.45, 7) is 2.85. The van der Waals surface area contributed by atoms with Crippen molar-refractivity contribution in [2.75, 3.05) is 5.32 Å². The van der Waals surface area contributed by atoms with E-state index >= 15 is 0 Å². The molecule has 1 heterocycles. The number of halogens is 1. The maximum absolute atomic E-state index is 11.7. The third-order valence-electron chi connectivity index (χ3n) is 2.52. The summed E-state index contributed by atoms with van der Waals surface area (Å²) in [4.78, 5) is 15.9. The van der Waals surface area contributed by atoms with E-state index in [0.29, 0.717) is 16.2 Å². The highest BCUT2D eigenvalue weighted by molar-refractivity contribution is 6.35. The molecule has 94 valence electrons. The van der Waals surface area contributed by atoms with Gasteiger partial charge < -0.3 is 10.4 Å². The zero-order valence-corrected chi connectivity index (χ0v) is 10.8. The fourth-order valence-corrected chi connectivity index (χ4v) is 1.73. The molecule has 0 aliphatic carbocycles. The van der Waals surface area contributed by atoms with Gasteiger partial charge in [-0.3, -0.25) is 9.78 Å². The molecule has 0 atom stereocenters. The van der Waals surface area contributed by atoms with Crippen LogP contribution in [0.15, 0.2) is 30.5 Å². The Kier molecular flexibility index (Phi) is 3.24. The van der Waals surface area contributed by atoms with Crippen LogP contribution in [0.3, 0.4) is 0 Å². The molecule has 0 aliphatic heterocycles. The molecule has 18 heavy (non-hydrogen) atoms. The number of benzene rings is 1. The molecular formula is C13H13ClN2O2. The lowest BCUT2D eigenvalue weighted by Crippen LogP contribution is -2.36. The Morgan fingerprint density at radius 2 is 2.11 bits per heavy atom. The van der Waals surface area contributed by atoms with Gasteiger partial charge in [0, 0.05) is 11.6 Å². The minimum atomic E-state index is -1.44. The van der Waals surface area contributed by atoms with Gasteiger partial charge in [0.05, 0.1) is 16.2 Å². The first-order valence-corrected chi connectivity index (χ1v) is 5.84. The van der Waals surface area contributed by atoms with E-state index in [2.05, 4.69) is 10.3 Å². The molecule has 2 rings (SSSR count). The molecule has 1 amide bonds. The summed E-state index contributed by atoms with van der Waals surface area (Å²) in [5.41, 5.74) is -0.314. The highest BCUT2D eigenvalue weighted by Gasteiger charge is 2.24. The van der Waals surface area contributed by atoms with E-state index < -0.39 is 11.5 Å². The van der Waals surface area contributed by atoms with Crippen LogP contribution in [0, 0.1) is 0 Å². The van der Waals surface area contributed by atoms with Crippen LogP contribution >= 0.6 is 11.6 Å². The monoisotopic (exact) mass is 264 g/mol. The molecule has 1 aromatic heterocycles. The van der Waals surface area contributed by atoms with Crippen molar-refractivity contribution in [3.8, 4) is 0 Å². The van der Waals surface area contributed by atoms with Gasteiger partial charge in [0.2, 0.25) is 0 Å². The zero-order valence-electron chi connectivity index (χ0n) is 10.1. The maximum Gasteiger partial charge on any atom is 0.255 e. The minimum absolute atomic E-state index is 0.489. The van der Waals surface area contributed by atoms with Crippen molar-refractivity contribution in [2.24, 2.45) is 0 Å². The lowest BCUT2D eigenvalue weighted by Gasteiger charge is -2.17. The van der Waals surface area contributed by atoms with E-state index in [0.717, 1.165) is 5.39 Å². The number of fused-ring (bicyclic) bond motifs is 1. The van der Waals surface area contributed by atoms with Crippen LogP contribution in [0.1, 0.15) is 13.8 Å². The van der Waals surface area contributed by atoms with E-state index in [1.165, 1.54) is 13.8 Å². The van der Waals surface area contributed by atoms with Crippen LogP contribution in [0.4, 0.5) is 5.69 Å².